The number of benzene rings is 1. The van der Waals surface area contributed by atoms with Gasteiger partial charge < -0.3 is 14.4 Å². The molecule has 0 radical (unpaired) electrons. The van der Waals surface area contributed by atoms with Gasteiger partial charge >= 0.3 is 5.97 Å². The maximum atomic E-state index is 12.1. The number of hydrogen-bond acceptors (Lipinski definition) is 5. The predicted molar refractivity (Wildman–Crippen MR) is 65.9 cm³/mol. The summed E-state index contributed by atoms with van der Waals surface area (Å²) in [5.74, 6) is -0.537. The summed E-state index contributed by atoms with van der Waals surface area (Å²) in [5.41, 5.74) is 1.06. The summed E-state index contributed by atoms with van der Waals surface area (Å²) in [7, 11) is 0. The Kier molecular flexibility index (Phi) is 3.91. The van der Waals surface area contributed by atoms with Gasteiger partial charge in [0.2, 0.25) is 0 Å². The molecule has 0 aliphatic carbocycles. The summed E-state index contributed by atoms with van der Waals surface area (Å²) < 4.78 is 18.1. The molecule has 2 rings (SSSR count). The molecule has 0 spiro atoms. The molecule has 0 saturated carbocycles. The monoisotopic (exact) mass is 269 g/mol. The minimum absolute atomic E-state index is 0.243. The van der Waals surface area contributed by atoms with E-state index < -0.39 is 29.6 Å². The number of carbonyl (C=O) groups is 1. The van der Waals surface area contributed by atoms with E-state index in [0.717, 1.165) is 5.56 Å². The van der Waals surface area contributed by atoms with Gasteiger partial charge in [-0.25, -0.2) is 4.79 Å². The molecule has 6 heteroatoms. The van der Waals surface area contributed by atoms with Crippen molar-refractivity contribution in [3.05, 3.63) is 29.8 Å². The molecule has 0 amide bonds. The van der Waals surface area contributed by atoms with Crippen LogP contribution >= 0.6 is 0 Å². The zero-order chi connectivity index (χ0) is 13.3. The Bertz CT molecular complexity index is 436. The standard InChI is InChI=1S/C12H15NO4S/c1-3-17-12(15)10-11(14)13(10)18(16)9-6-4-8(2)5-7-9/h4-7,10-11,14H,3H2,1-2H3/t10-,11-,13?,18?/m1/s1. The average Bonchev–Trinajstić information content (AvgIpc) is 3.01. The van der Waals surface area contributed by atoms with Crippen molar-refractivity contribution in [2.75, 3.05) is 6.61 Å². The molecule has 18 heavy (non-hydrogen) atoms. The molecule has 1 fully saturated rings. The summed E-state index contributed by atoms with van der Waals surface area (Å²) in [6.07, 6.45) is -1.02. The predicted octanol–water partition coefficient (Wildman–Crippen LogP) is 0.583. The van der Waals surface area contributed by atoms with Crippen LogP contribution in [0.3, 0.4) is 0 Å². The molecule has 1 aromatic rings. The molecule has 2 unspecified atom stereocenters. The fourth-order valence-electron chi connectivity index (χ4n) is 1.63. The molecular formula is C12H15NO4S. The van der Waals surface area contributed by atoms with Gasteiger partial charge in [-0.2, -0.15) is 0 Å². The average molecular weight is 269 g/mol. The molecule has 1 N–H and O–H groups in total. The highest BCUT2D eigenvalue weighted by Crippen LogP contribution is 2.34. The lowest BCUT2D eigenvalue weighted by Gasteiger charge is -2.10. The van der Waals surface area contributed by atoms with Crippen molar-refractivity contribution < 1.29 is 19.2 Å². The molecule has 0 bridgehead atoms. The topological polar surface area (TPSA) is 72.6 Å². The van der Waals surface area contributed by atoms with Gasteiger partial charge in [-0.1, -0.05) is 22.0 Å². The number of aliphatic hydroxyl groups excluding tert-OH is 1. The van der Waals surface area contributed by atoms with E-state index in [2.05, 4.69) is 0 Å². The number of hydrogen-bond donors (Lipinski definition) is 1. The normalized spacial score (nSPS) is 27.7. The summed E-state index contributed by atoms with van der Waals surface area (Å²) in [4.78, 5) is 12.0. The Balaban J connectivity index is 2.05. The molecule has 1 heterocycles. The van der Waals surface area contributed by atoms with Gasteiger partial charge in [0.05, 0.1) is 18.0 Å². The van der Waals surface area contributed by atoms with Crippen molar-refractivity contribution in [1.29, 1.82) is 0 Å². The number of ether oxygens (including phenoxy) is 1. The van der Waals surface area contributed by atoms with Crippen LogP contribution in [-0.2, 0) is 20.9 Å². The van der Waals surface area contributed by atoms with Crippen LogP contribution in [0.1, 0.15) is 12.5 Å². The van der Waals surface area contributed by atoms with Gasteiger partial charge in [-0.15, -0.1) is 0 Å². The van der Waals surface area contributed by atoms with E-state index in [9.17, 15) is 14.5 Å². The van der Waals surface area contributed by atoms with E-state index in [1.807, 2.05) is 19.1 Å². The van der Waals surface area contributed by atoms with Crippen LogP contribution in [0.2, 0.25) is 0 Å². The SMILES string of the molecule is CCOC(=O)[C@H]1[C@@H](O)N1[S+]([O-])c1ccc(C)cc1. The molecule has 4 atom stereocenters. The number of aliphatic hydroxyl groups is 1. The first-order chi connectivity index (χ1) is 8.56. The Morgan fingerprint density at radius 3 is 2.67 bits per heavy atom. The van der Waals surface area contributed by atoms with Crippen molar-refractivity contribution in [2.24, 2.45) is 0 Å². The molecule has 1 aliphatic rings. The maximum absolute atomic E-state index is 12.1. The Morgan fingerprint density at radius 2 is 2.11 bits per heavy atom. The third kappa shape index (κ3) is 2.51. The Labute approximate surface area is 109 Å². The van der Waals surface area contributed by atoms with Crippen LogP contribution in [0.25, 0.3) is 0 Å². The highest BCUT2D eigenvalue weighted by atomic mass is 32.2. The van der Waals surface area contributed by atoms with E-state index in [1.54, 1.807) is 19.1 Å². The third-order valence-electron chi connectivity index (χ3n) is 2.67. The number of carbonyl (C=O) groups excluding carboxylic acids is 1. The number of aryl methyl sites for hydroxylation is 1. The van der Waals surface area contributed by atoms with Crippen LogP contribution in [0.5, 0.6) is 0 Å². The zero-order valence-electron chi connectivity index (χ0n) is 10.2. The Morgan fingerprint density at radius 1 is 1.50 bits per heavy atom. The van der Waals surface area contributed by atoms with Crippen molar-refractivity contribution in [2.45, 2.75) is 31.0 Å². The second-order valence-corrected chi connectivity index (χ2v) is 5.42. The first kappa shape index (κ1) is 13.4. The zero-order valence-corrected chi connectivity index (χ0v) is 11.0. The highest BCUT2D eigenvalue weighted by molar-refractivity contribution is 7.89. The van der Waals surface area contributed by atoms with Gasteiger partial charge in [-0.3, -0.25) is 0 Å². The first-order valence-corrected chi connectivity index (χ1v) is 6.78. The van der Waals surface area contributed by atoms with Gasteiger partial charge in [-0.05, 0) is 26.0 Å². The smallest absolute Gasteiger partial charge is 0.332 e. The maximum Gasteiger partial charge on any atom is 0.332 e. The van der Waals surface area contributed by atoms with Gasteiger partial charge in [0, 0.05) is 0 Å². The van der Waals surface area contributed by atoms with E-state index >= 15 is 0 Å². The number of esters is 1. The van der Waals surface area contributed by atoms with Crippen molar-refractivity contribution in [1.82, 2.24) is 4.31 Å². The van der Waals surface area contributed by atoms with Gasteiger partial charge in [0.1, 0.15) is 0 Å². The molecule has 1 aliphatic heterocycles. The lowest BCUT2D eigenvalue weighted by molar-refractivity contribution is -0.143. The largest absolute Gasteiger partial charge is 0.593 e. The molecule has 0 aromatic heterocycles. The second kappa shape index (κ2) is 5.27. The minimum Gasteiger partial charge on any atom is -0.593 e. The fourth-order valence-corrected chi connectivity index (χ4v) is 2.90. The number of rotatable bonds is 4. The van der Waals surface area contributed by atoms with Crippen molar-refractivity contribution >= 4 is 17.3 Å². The van der Waals surface area contributed by atoms with E-state index in [-0.39, 0.29) is 6.61 Å². The van der Waals surface area contributed by atoms with E-state index in [1.165, 1.54) is 4.31 Å². The van der Waals surface area contributed by atoms with Gasteiger partial charge in [0.15, 0.2) is 17.2 Å². The summed E-state index contributed by atoms with van der Waals surface area (Å²) >= 11 is -1.53. The van der Waals surface area contributed by atoms with Crippen molar-refractivity contribution in [3.63, 3.8) is 0 Å². The molecule has 5 nitrogen and oxygen atoms in total. The fraction of sp³-hybridized carbons (Fsp3) is 0.417. The third-order valence-corrected chi connectivity index (χ3v) is 4.17. The lowest BCUT2D eigenvalue weighted by atomic mass is 10.2. The summed E-state index contributed by atoms with van der Waals surface area (Å²) in [6, 6.07) is 6.30. The van der Waals surface area contributed by atoms with E-state index in [4.69, 9.17) is 4.74 Å². The van der Waals surface area contributed by atoms with Gasteiger partial charge in [0.25, 0.3) is 0 Å². The van der Waals surface area contributed by atoms with Crippen LogP contribution in [-0.4, -0.2) is 38.8 Å². The summed E-state index contributed by atoms with van der Waals surface area (Å²) in [6.45, 7) is 3.86. The van der Waals surface area contributed by atoms with Crippen LogP contribution in [0.15, 0.2) is 29.2 Å². The highest BCUT2D eigenvalue weighted by Gasteiger charge is 2.62. The quantitative estimate of drug-likeness (QED) is 0.492. The molecular weight excluding hydrogens is 254 g/mol. The molecule has 1 saturated heterocycles. The van der Waals surface area contributed by atoms with E-state index in [0.29, 0.717) is 4.90 Å². The van der Waals surface area contributed by atoms with Crippen LogP contribution in [0.4, 0.5) is 0 Å². The van der Waals surface area contributed by atoms with Crippen molar-refractivity contribution in [3.8, 4) is 0 Å². The summed E-state index contributed by atoms with van der Waals surface area (Å²) in [5, 5.41) is 9.60. The minimum atomic E-state index is -1.53. The van der Waals surface area contributed by atoms with Crippen LogP contribution < -0.4 is 0 Å². The van der Waals surface area contributed by atoms with Crippen LogP contribution in [0, 0.1) is 6.92 Å². The lowest BCUT2D eigenvalue weighted by Crippen LogP contribution is -2.21. The number of nitrogens with zero attached hydrogens (tertiary/aromatic N) is 1. The first-order valence-electron chi connectivity index (χ1n) is 5.68. The Hall–Kier alpha value is -1.08. The molecule has 98 valence electrons. The second-order valence-electron chi connectivity index (χ2n) is 4.03. The molecule has 1 aromatic carbocycles.